The molecule has 0 aliphatic carbocycles. The number of fused-ring (bicyclic) bond motifs is 1. The van der Waals surface area contributed by atoms with Crippen molar-refractivity contribution in [2.45, 2.75) is 0 Å². The first-order valence-electron chi connectivity index (χ1n) is 3.11. The van der Waals surface area contributed by atoms with Crippen LogP contribution in [0, 0.1) is 0 Å². The zero-order chi connectivity index (χ0) is 7.84. The Kier molecular flexibility index (Phi) is 1.98. The Balaban J connectivity index is 2.92. The van der Waals surface area contributed by atoms with Gasteiger partial charge in [-0.1, -0.05) is 0 Å². The summed E-state index contributed by atoms with van der Waals surface area (Å²) in [5.74, 6) is 0. The van der Waals surface area contributed by atoms with Crippen LogP contribution >= 0.6 is 23.2 Å². The summed E-state index contributed by atoms with van der Waals surface area (Å²) in [7, 11) is 0. The zero-order valence-corrected chi connectivity index (χ0v) is 8.70. The Bertz CT molecular complexity index is 392. The van der Waals surface area contributed by atoms with Crippen LogP contribution in [0.3, 0.4) is 0 Å². The molecular weight excluding hydrogens is 246 g/mol. The third-order valence-electron chi connectivity index (χ3n) is 1.50. The van der Waals surface area contributed by atoms with Gasteiger partial charge in [0.15, 0.2) is 0 Å². The molecule has 11 heavy (non-hydrogen) atoms. The Labute approximate surface area is 80.5 Å². The van der Waals surface area contributed by atoms with E-state index in [-0.39, 0.29) is 14.5 Å². The van der Waals surface area contributed by atoms with Gasteiger partial charge in [0.25, 0.3) is 0 Å². The summed E-state index contributed by atoms with van der Waals surface area (Å²) in [6, 6.07) is 8.08. The van der Waals surface area contributed by atoms with E-state index in [0.717, 1.165) is 14.3 Å². The fourth-order valence-corrected chi connectivity index (χ4v) is 3.73. The molecule has 0 atom stereocenters. The monoisotopic (exact) mass is 250 g/mol. The second-order valence-corrected chi connectivity index (χ2v) is 5.66. The van der Waals surface area contributed by atoms with E-state index in [2.05, 4.69) is 6.07 Å². The molecule has 0 N–H and O–H groups in total. The summed E-state index contributed by atoms with van der Waals surface area (Å²) in [6.07, 6.45) is 0. The van der Waals surface area contributed by atoms with Crippen LogP contribution in [0.5, 0.6) is 0 Å². The Hall–Kier alpha value is 0.0595. The molecule has 0 saturated heterocycles. The average molecular weight is 250 g/mol. The summed E-state index contributed by atoms with van der Waals surface area (Å²) in [6.45, 7) is 0. The molecule has 0 radical (unpaired) electrons. The van der Waals surface area contributed by atoms with E-state index >= 15 is 0 Å². The van der Waals surface area contributed by atoms with Gasteiger partial charge < -0.3 is 0 Å². The van der Waals surface area contributed by atoms with Gasteiger partial charge in [0, 0.05) is 0 Å². The number of benzene rings is 1. The number of hydrogen-bond donors (Lipinski definition) is 0. The van der Waals surface area contributed by atoms with E-state index in [9.17, 15) is 0 Å². The van der Waals surface area contributed by atoms with Crippen molar-refractivity contribution in [2.75, 3.05) is 0 Å². The minimum absolute atomic E-state index is 0.245. The first-order valence-corrected chi connectivity index (χ1v) is 5.58. The van der Waals surface area contributed by atoms with Crippen LogP contribution in [0.2, 0.25) is 8.92 Å². The standard InChI is InChI=1S/C8H4Cl2Se/c9-7-5-3-1-2-4-6(5)11-8(7)10/h1-4H. The molecular formula is C8H4Cl2Se. The van der Waals surface area contributed by atoms with E-state index in [1.54, 1.807) is 0 Å². The SMILES string of the molecule is Clc1[se]c2ccccc2c1Cl. The van der Waals surface area contributed by atoms with Gasteiger partial charge >= 0.3 is 80.5 Å². The van der Waals surface area contributed by atoms with Crippen LogP contribution < -0.4 is 0 Å². The van der Waals surface area contributed by atoms with Crippen molar-refractivity contribution in [1.29, 1.82) is 0 Å². The maximum absolute atomic E-state index is 5.96. The number of rotatable bonds is 0. The van der Waals surface area contributed by atoms with Gasteiger partial charge in [0.2, 0.25) is 0 Å². The molecule has 0 nitrogen and oxygen atoms in total. The second-order valence-electron chi connectivity index (χ2n) is 2.19. The maximum atomic E-state index is 5.96. The first-order chi connectivity index (χ1) is 5.29. The fourth-order valence-electron chi connectivity index (χ4n) is 0.984. The Morgan fingerprint density at radius 2 is 1.82 bits per heavy atom. The van der Waals surface area contributed by atoms with Crippen molar-refractivity contribution >= 4 is 47.4 Å². The molecule has 1 aromatic carbocycles. The minimum atomic E-state index is 0.245. The normalized spacial score (nSPS) is 10.7. The van der Waals surface area contributed by atoms with Gasteiger partial charge in [-0.05, 0) is 0 Å². The van der Waals surface area contributed by atoms with Gasteiger partial charge in [-0.3, -0.25) is 0 Å². The van der Waals surface area contributed by atoms with Gasteiger partial charge in [-0.25, -0.2) is 0 Å². The van der Waals surface area contributed by atoms with Gasteiger partial charge in [-0.2, -0.15) is 0 Å². The molecule has 1 aromatic heterocycles. The van der Waals surface area contributed by atoms with Gasteiger partial charge in [-0.15, -0.1) is 0 Å². The third kappa shape index (κ3) is 1.23. The van der Waals surface area contributed by atoms with Crippen LogP contribution in [0.15, 0.2) is 24.3 Å². The molecule has 3 heteroatoms. The summed E-state index contributed by atoms with van der Waals surface area (Å²) in [5, 5.41) is 1.85. The molecule has 0 aliphatic heterocycles. The number of halogens is 2. The van der Waals surface area contributed by atoms with Crippen LogP contribution in [0.25, 0.3) is 9.65 Å². The third-order valence-corrected chi connectivity index (χ3v) is 4.84. The molecule has 2 rings (SSSR count). The topological polar surface area (TPSA) is 0 Å². The van der Waals surface area contributed by atoms with E-state index in [1.807, 2.05) is 18.2 Å². The van der Waals surface area contributed by atoms with Gasteiger partial charge in [0.05, 0.1) is 0 Å². The van der Waals surface area contributed by atoms with Crippen molar-refractivity contribution < 1.29 is 0 Å². The predicted molar refractivity (Wildman–Crippen MR) is 50.9 cm³/mol. The molecule has 0 amide bonds. The van der Waals surface area contributed by atoms with E-state index in [0.29, 0.717) is 0 Å². The average Bonchev–Trinajstić information content (AvgIpc) is 2.30. The summed E-state index contributed by atoms with van der Waals surface area (Å²) in [4.78, 5) is 0. The fraction of sp³-hybridized carbons (Fsp3) is 0. The van der Waals surface area contributed by atoms with Crippen LogP contribution in [0.4, 0.5) is 0 Å². The molecule has 0 aliphatic rings. The molecule has 0 spiro atoms. The Morgan fingerprint density at radius 3 is 2.55 bits per heavy atom. The first kappa shape index (κ1) is 7.70. The van der Waals surface area contributed by atoms with Crippen molar-refractivity contribution in [1.82, 2.24) is 0 Å². The summed E-state index contributed by atoms with van der Waals surface area (Å²) < 4.78 is 2.11. The van der Waals surface area contributed by atoms with E-state index < -0.39 is 0 Å². The molecule has 0 bridgehead atoms. The van der Waals surface area contributed by atoms with Crippen LogP contribution in [0.1, 0.15) is 0 Å². The zero-order valence-electron chi connectivity index (χ0n) is 5.47. The van der Waals surface area contributed by atoms with Crippen LogP contribution in [-0.2, 0) is 0 Å². The van der Waals surface area contributed by atoms with E-state index in [1.165, 1.54) is 4.26 Å². The molecule has 56 valence electrons. The quantitative estimate of drug-likeness (QED) is 0.630. The van der Waals surface area contributed by atoms with Crippen molar-refractivity contribution in [3.05, 3.63) is 33.2 Å². The van der Waals surface area contributed by atoms with Gasteiger partial charge in [0.1, 0.15) is 0 Å². The van der Waals surface area contributed by atoms with Crippen molar-refractivity contribution in [3.63, 3.8) is 0 Å². The summed E-state index contributed by atoms with van der Waals surface area (Å²) >= 11 is 12.1. The Morgan fingerprint density at radius 1 is 1.09 bits per heavy atom. The molecule has 0 unspecified atom stereocenters. The summed E-state index contributed by atoms with van der Waals surface area (Å²) in [5.41, 5.74) is 0. The molecule has 0 fully saturated rings. The second kappa shape index (κ2) is 2.84. The molecule has 1 heterocycles. The predicted octanol–water partition coefficient (Wildman–Crippen LogP) is 3.20. The molecule has 2 aromatic rings. The van der Waals surface area contributed by atoms with E-state index in [4.69, 9.17) is 23.2 Å². The molecule has 0 saturated carbocycles. The number of hydrogen-bond acceptors (Lipinski definition) is 0. The van der Waals surface area contributed by atoms with Crippen LogP contribution in [-0.4, -0.2) is 14.5 Å². The van der Waals surface area contributed by atoms with Crippen molar-refractivity contribution in [2.24, 2.45) is 0 Å². The van der Waals surface area contributed by atoms with Crippen molar-refractivity contribution in [3.8, 4) is 0 Å².